The first-order valence-corrected chi connectivity index (χ1v) is 6.62. The fourth-order valence-corrected chi connectivity index (χ4v) is 3.34. The molecule has 0 bridgehead atoms. The first-order valence-electron chi connectivity index (χ1n) is 5.80. The second kappa shape index (κ2) is 4.62. The minimum Gasteiger partial charge on any atom is -0.388 e. The van der Waals surface area contributed by atoms with Gasteiger partial charge in [0.2, 0.25) is 0 Å². The number of nitrogens with zero attached hydrogens (tertiary/aromatic N) is 1. The summed E-state index contributed by atoms with van der Waals surface area (Å²) in [5.74, 6) is 1.48. The van der Waals surface area contributed by atoms with Crippen LogP contribution in [0, 0.1) is 5.92 Å². The fraction of sp³-hybridized carbons (Fsp3) is 0.750. The van der Waals surface area contributed by atoms with Crippen molar-refractivity contribution in [2.24, 2.45) is 5.92 Å². The third kappa shape index (κ3) is 2.58. The molecule has 1 aliphatic rings. The molecule has 0 saturated heterocycles. The zero-order valence-electron chi connectivity index (χ0n) is 9.44. The number of thiazole rings is 1. The van der Waals surface area contributed by atoms with Crippen LogP contribution in [0.3, 0.4) is 0 Å². The summed E-state index contributed by atoms with van der Waals surface area (Å²) >= 11 is 1.69. The van der Waals surface area contributed by atoms with Crippen LogP contribution in [0.15, 0.2) is 6.20 Å². The minimum absolute atomic E-state index is 0.364. The summed E-state index contributed by atoms with van der Waals surface area (Å²) in [5.41, 5.74) is 0. The molecule has 1 fully saturated rings. The Morgan fingerprint density at radius 2 is 2.33 bits per heavy atom. The lowest BCUT2D eigenvalue weighted by atomic mass is 9.83. The van der Waals surface area contributed by atoms with Gasteiger partial charge in [0.25, 0.3) is 0 Å². The van der Waals surface area contributed by atoms with E-state index in [4.69, 9.17) is 0 Å². The van der Waals surface area contributed by atoms with E-state index in [1.165, 1.54) is 30.7 Å². The number of aromatic nitrogens is 1. The quantitative estimate of drug-likeness (QED) is 0.835. The van der Waals surface area contributed by atoms with E-state index in [1.54, 1.807) is 18.3 Å². The van der Waals surface area contributed by atoms with Crippen LogP contribution in [-0.2, 0) is 0 Å². The average Bonchev–Trinajstić information content (AvgIpc) is 2.66. The van der Waals surface area contributed by atoms with Gasteiger partial charge in [0, 0.05) is 12.1 Å². The summed E-state index contributed by atoms with van der Waals surface area (Å²) < 4.78 is 0. The van der Waals surface area contributed by atoms with Crippen molar-refractivity contribution in [3.05, 3.63) is 16.1 Å². The highest BCUT2D eigenvalue weighted by Crippen LogP contribution is 2.38. The molecular formula is C12H19NOS. The summed E-state index contributed by atoms with van der Waals surface area (Å²) in [7, 11) is 0. The number of aliphatic hydroxyl groups is 1. The summed E-state index contributed by atoms with van der Waals surface area (Å²) in [4.78, 5) is 5.46. The number of hydrogen-bond acceptors (Lipinski definition) is 3. The molecule has 3 heteroatoms. The summed E-state index contributed by atoms with van der Waals surface area (Å²) in [6, 6.07) is 0. The van der Waals surface area contributed by atoms with Crippen molar-refractivity contribution >= 4 is 11.3 Å². The molecule has 3 unspecified atom stereocenters. The van der Waals surface area contributed by atoms with Gasteiger partial charge in [-0.3, -0.25) is 0 Å². The number of rotatable bonds is 2. The second-order valence-electron chi connectivity index (χ2n) is 4.75. The highest BCUT2D eigenvalue weighted by Gasteiger charge is 2.23. The Morgan fingerprint density at radius 1 is 1.53 bits per heavy atom. The van der Waals surface area contributed by atoms with E-state index in [-0.39, 0.29) is 6.10 Å². The van der Waals surface area contributed by atoms with Crippen molar-refractivity contribution in [3.8, 4) is 0 Å². The normalized spacial score (nSPS) is 29.0. The molecule has 1 saturated carbocycles. The summed E-state index contributed by atoms with van der Waals surface area (Å²) in [6.07, 6.45) is 6.71. The van der Waals surface area contributed by atoms with Crippen LogP contribution in [0.1, 0.15) is 61.4 Å². The van der Waals surface area contributed by atoms with Gasteiger partial charge in [0.05, 0.1) is 16.0 Å². The van der Waals surface area contributed by atoms with Crippen LogP contribution >= 0.6 is 11.3 Å². The molecule has 84 valence electrons. The molecule has 1 aliphatic carbocycles. The Bertz CT molecular complexity index is 321. The molecule has 1 heterocycles. The number of hydrogen-bond donors (Lipinski definition) is 1. The zero-order valence-corrected chi connectivity index (χ0v) is 10.3. The van der Waals surface area contributed by atoms with E-state index in [2.05, 4.69) is 11.9 Å². The largest absolute Gasteiger partial charge is 0.388 e. The zero-order chi connectivity index (χ0) is 10.8. The van der Waals surface area contributed by atoms with Gasteiger partial charge in [-0.25, -0.2) is 4.98 Å². The Labute approximate surface area is 95.4 Å². The molecule has 2 rings (SSSR count). The van der Waals surface area contributed by atoms with Gasteiger partial charge >= 0.3 is 0 Å². The van der Waals surface area contributed by atoms with Crippen molar-refractivity contribution in [1.82, 2.24) is 4.98 Å². The first-order chi connectivity index (χ1) is 7.16. The topological polar surface area (TPSA) is 33.1 Å². The molecule has 1 N–H and O–H groups in total. The van der Waals surface area contributed by atoms with Crippen molar-refractivity contribution in [2.75, 3.05) is 0 Å². The molecule has 0 aromatic carbocycles. The van der Waals surface area contributed by atoms with E-state index in [9.17, 15) is 5.11 Å². The maximum absolute atomic E-state index is 9.46. The van der Waals surface area contributed by atoms with Gasteiger partial charge in [0.1, 0.15) is 0 Å². The van der Waals surface area contributed by atoms with Crippen molar-refractivity contribution in [2.45, 2.75) is 51.6 Å². The predicted molar refractivity (Wildman–Crippen MR) is 63.1 cm³/mol. The molecule has 1 aromatic heterocycles. The molecule has 0 amide bonds. The van der Waals surface area contributed by atoms with Crippen LogP contribution in [0.25, 0.3) is 0 Å². The SMILES string of the molecule is CC1CCCC(c2ncc(C(C)O)s2)C1. The minimum atomic E-state index is -0.364. The van der Waals surface area contributed by atoms with Gasteiger partial charge in [-0.05, 0) is 25.7 Å². The summed E-state index contributed by atoms with van der Waals surface area (Å²) in [5, 5.41) is 10.7. The molecule has 1 aromatic rings. The third-order valence-corrected chi connectivity index (χ3v) is 4.57. The molecule has 0 spiro atoms. The van der Waals surface area contributed by atoms with E-state index < -0.39 is 0 Å². The fourth-order valence-electron chi connectivity index (χ4n) is 2.34. The van der Waals surface area contributed by atoms with Gasteiger partial charge in [-0.15, -0.1) is 11.3 Å². The van der Waals surface area contributed by atoms with Crippen LogP contribution < -0.4 is 0 Å². The highest BCUT2D eigenvalue weighted by molar-refractivity contribution is 7.11. The van der Waals surface area contributed by atoms with Gasteiger partial charge < -0.3 is 5.11 Å². The van der Waals surface area contributed by atoms with Gasteiger partial charge in [-0.1, -0.05) is 19.8 Å². The average molecular weight is 225 g/mol. The van der Waals surface area contributed by atoms with E-state index in [0.717, 1.165) is 10.8 Å². The van der Waals surface area contributed by atoms with E-state index >= 15 is 0 Å². The maximum atomic E-state index is 9.46. The predicted octanol–water partition coefficient (Wildman–Crippen LogP) is 3.49. The summed E-state index contributed by atoms with van der Waals surface area (Å²) in [6.45, 7) is 4.14. The Morgan fingerprint density at radius 3 is 2.93 bits per heavy atom. The lowest BCUT2D eigenvalue weighted by molar-refractivity contribution is 0.203. The second-order valence-corrected chi connectivity index (χ2v) is 5.84. The van der Waals surface area contributed by atoms with Crippen molar-refractivity contribution in [3.63, 3.8) is 0 Å². The standard InChI is InChI=1S/C12H19NOS/c1-8-4-3-5-10(6-8)12-13-7-11(15-12)9(2)14/h7-10,14H,3-6H2,1-2H3. The van der Waals surface area contributed by atoms with E-state index in [1.807, 2.05) is 6.20 Å². The Hall–Kier alpha value is -0.410. The maximum Gasteiger partial charge on any atom is 0.0959 e. The lowest BCUT2D eigenvalue weighted by Crippen LogP contribution is -2.11. The van der Waals surface area contributed by atoms with Crippen LogP contribution in [-0.4, -0.2) is 10.1 Å². The van der Waals surface area contributed by atoms with Gasteiger partial charge in [0.15, 0.2) is 0 Å². The van der Waals surface area contributed by atoms with Crippen LogP contribution in [0.5, 0.6) is 0 Å². The number of aliphatic hydroxyl groups excluding tert-OH is 1. The molecule has 0 radical (unpaired) electrons. The molecule has 15 heavy (non-hydrogen) atoms. The van der Waals surface area contributed by atoms with Crippen molar-refractivity contribution < 1.29 is 5.11 Å². The molecule has 3 atom stereocenters. The smallest absolute Gasteiger partial charge is 0.0959 e. The highest BCUT2D eigenvalue weighted by atomic mass is 32.1. The van der Waals surface area contributed by atoms with Crippen LogP contribution in [0.2, 0.25) is 0 Å². The Balaban J connectivity index is 2.08. The lowest BCUT2D eigenvalue weighted by Gasteiger charge is -2.24. The third-order valence-electron chi connectivity index (χ3n) is 3.24. The molecule has 0 aliphatic heterocycles. The Kier molecular flexibility index (Phi) is 3.42. The van der Waals surface area contributed by atoms with E-state index in [0.29, 0.717) is 5.92 Å². The van der Waals surface area contributed by atoms with Crippen molar-refractivity contribution in [1.29, 1.82) is 0 Å². The molecule has 2 nitrogen and oxygen atoms in total. The van der Waals surface area contributed by atoms with Crippen LogP contribution in [0.4, 0.5) is 0 Å². The van der Waals surface area contributed by atoms with Gasteiger partial charge in [-0.2, -0.15) is 0 Å². The first kappa shape index (κ1) is 11.1. The monoisotopic (exact) mass is 225 g/mol. The molecular weight excluding hydrogens is 206 g/mol.